The third-order valence-electron chi connectivity index (χ3n) is 3.02. The lowest BCUT2D eigenvalue weighted by Gasteiger charge is -2.32. The number of aliphatic carboxylic acids is 1. The average Bonchev–Trinajstić information content (AvgIpc) is 2.78. The molecule has 1 aromatic rings. The predicted molar refractivity (Wildman–Crippen MR) is 70.1 cm³/mol. The molecule has 0 amide bonds. The van der Waals surface area contributed by atoms with Gasteiger partial charge in [0.15, 0.2) is 0 Å². The molecule has 0 saturated carbocycles. The van der Waals surface area contributed by atoms with Gasteiger partial charge in [-0.1, -0.05) is 11.8 Å². The number of thioether (sulfide) groups is 1. The van der Waals surface area contributed by atoms with Gasteiger partial charge >= 0.3 is 5.97 Å². The minimum absolute atomic E-state index is 0.191. The van der Waals surface area contributed by atoms with Crippen LogP contribution in [-0.4, -0.2) is 86.6 Å². The quantitative estimate of drug-likeness (QED) is 0.673. The summed E-state index contributed by atoms with van der Waals surface area (Å²) >= 11 is 1.50. The van der Waals surface area contributed by atoms with E-state index in [0.717, 1.165) is 38.5 Å². The summed E-state index contributed by atoms with van der Waals surface area (Å²) in [5.41, 5.74) is 0. The van der Waals surface area contributed by atoms with Crippen molar-refractivity contribution in [3.05, 3.63) is 0 Å². The van der Waals surface area contributed by atoms with Crippen molar-refractivity contribution in [2.24, 2.45) is 0 Å². The van der Waals surface area contributed by atoms with Gasteiger partial charge in [0.05, 0.1) is 0 Å². The number of rotatable bonds is 6. The third kappa shape index (κ3) is 4.44. The first-order chi connectivity index (χ1) is 9.15. The fourth-order valence-electron chi connectivity index (χ4n) is 1.86. The van der Waals surface area contributed by atoms with Crippen molar-refractivity contribution in [3.63, 3.8) is 0 Å². The van der Waals surface area contributed by atoms with Gasteiger partial charge in [0, 0.05) is 38.5 Å². The Balaban J connectivity index is 1.73. The first-order valence-electron chi connectivity index (χ1n) is 6.17. The number of piperazine rings is 1. The van der Waals surface area contributed by atoms with E-state index in [9.17, 15) is 4.79 Å². The van der Waals surface area contributed by atoms with Crippen LogP contribution in [0.25, 0.3) is 0 Å². The van der Waals surface area contributed by atoms with Crippen LogP contribution in [0.1, 0.15) is 0 Å². The van der Waals surface area contributed by atoms with E-state index in [2.05, 4.69) is 32.4 Å². The second-order valence-corrected chi connectivity index (χ2v) is 5.57. The van der Waals surface area contributed by atoms with Crippen LogP contribution in [0.4, 0.5) is 0 Å². The van der Waals surface area contributed by atoms with Crippen LogP contribution in [0, 0.1) is 0 Å². The van der Waals surface area contributed by atoms with Crippen molar-refractivity contribution >= 4 is 17.7 Å². The lowest BCUT2D eigenvalue weighted by molar-refractivity contribution is -0.138. The average molecular weight is 286 g/mol. The van der Waals surface area contributed by atoms with Crippen LogP contribution in [-0.2, 0) is 11.3 Å². The highest BCUT2D eigenvalue weighted by Gasteiger charge is 2.14. The van der Waals surface area contributed by atoms with Crippen LogP contribution in [0.3, 0.4) is 0 Å². The Labute approximate surface area is 115 Å². The highest BCUT2D eigenvalue weighted by atomic mass is 32.2. The van der Waals surface area contributed by atoms with E-state index < -0.39 is 5.97 Å². The molecule has 0 unspecified atom stereocenters. The molecule has 0 spiro atoms. The molecule has 2 rings (SSSR count). The largest absolute Gasteiger partial charge is 0.480 e. The summed E-state index contributed by atoms with van der Waals surface area (Å²) in [5.74, 6) is -0.0720. The Hall–Kier alpha value is -1.19. The first kappa shape index (κ1) is 14.2. The zero-order valence-electron chi connectivity index (χ0n) is 10.9. The normalized spacial score (nSPS) is 17.7. The number of hydrogen-bond acceptors (Lipinski definition) is 7. The van der Waals surface area contributed by atoms with Crippen molar-refractivity contribution in [1.82, 2.24) is 30.0 Å². The molecular weight excluding hydrogens is 268 g/mol. The van der Waals surface area contributed by atoms with Gasteiger partial charge in [0.25, 0.3) is 0 Å². The summed E-state index contributed by atoms with van der Waals surface area (Å²) < 4.78 is 1.32. The molecule has 2 heterocycles. The maximum atomic E-state index is 10.6. The summed E-state index contributed by atoms with van der Waals surface area (Å²) in [6, 6.07) is 0. The minimum atomic E-state index is -0.937. The molecule has 0 atom stereocenters. The highest BCUT2D eigenvalue weighted by Crippen LogP contribution is 2.13. The highest BCUT2D eigenvalue weighted by molar-refractivity contribution is 7.99. The SMILES string of the molecule is CN1CCN(CCSc2nnnn2CC(=O)O)CC1. The molecule has 1 fully saturated rings. The zero-order chi connectivity index (χ0) is 13.7. The number of carboxylic acids is 1. The molecule has 1 aromatic heterocycles. The summed E-state index contributed by atoms with van der Waals surface area (Å²) in [6.45, 7) is 5.14. The molecule has 1 N–H and O–H groups in total. The zero-order valence-corrected chi connectivity index (χ0v) is 11.7. The van der Waals surface area contributed by atoms with E-state index in [-0.39, 0.29) is 6.54 Å². The van der Waals surface area contributed by atoms with Gasteiger partial charge in [-0.15, -0.1) is 5.10 Å². The van der Waals surface area contributed by atoms with Gasteiger partial charge in [-0.3, -0.25) is 9.69 Å². The van der Waals surface area contributed by atoms with E-state index in [1.807, 2.05) is 0 Å². The van der Waals surface area contributed by atoms with Gasteiger partial charge in [-0.25, -0.2) is 4.68 Å². The number of hydrogen-bond donors (Lipinski definition) is 1. The van der Waals surface area contributed by atoms with Gasteiger partial charge < -0.3 is 10.0 Å². The predicted octanol–water partition coefficient (Wildman–Crippen LogP) is -0.903. The number of nitrogens with zero attached hydrogens (tertiary/aromatic N) is 6. The number of carbonyl (C=O) groups is 1. The second kappa shape index (κ2) is 6.83. The Morgan fingerprint density at radius 2 is 2.11 bits per heavy atom. The standard InChI is InChI=1S/C10H18N6O2S/c1-14-2-4-15(5-3-14)6-7-19-10-11-12-13-16(10)8-9(17)18/h2-8H2,1H3,(H,17,18). The number of tetrazole rings is 1. The maximum absolute atomic E-state index is 10.6. The fraction of sp³-hybridized carbons (Fsp3) is 0.800. The molecule has 0 aromatic carbocycles. The van der Waals surface area contributed by atoms with Crippen LogP contribution >= 0.6 is 11.8 Å². The van der Waals surface area contributed by atoms with Crippen molar-refractivity contribution < 1.29 is 9.90 Å². The molecular formula is C10H18N6O2S. The molecule has 9 heteroatoms. The molecule has 0 bridgehead atoms. The lowest BCUT2D eigenvalue weighted by atomic mass is 10.3. The van der Waals surface area contributed by atoms with Crippen LogP contribution in [0.15, 0.2) is 5.16 Å². The van der Waals surface area contributed by atoms with E-state index in [0.29, 0.717) is 5.16 Å². The number of aromatic nitrogens is 4. The monoisotopic (exact) mass is 286 g/mol. The van der Waals surface area contributed by atoms with E-state index in [4.69, 9.17) is 5.11 Å². The van der Waals surface area contributed by atoms with Gasteiger partial charge in [-0.2, -0.15) is 0 Å². The summed E-state index contributed by atoms with van der Waals surface area (Å²) in [7, 11) is 2.13. The molecule has 19 heavy (non-hydrogen) atoms. The molecule has 0 radical (unpaired) electrons. The van der Waals surface area contributed by atoms with Gasteiger partial charge in [0.2, 0.25) is 5.16 Å². The molecule has 8 nitrogen and oxygen atoms in total. The molecule has 106 valence electrons. The van der Waals surface area contributed by atoms with E-state index in [1.54, 1.807) is 0 Å². The van der Waals surface area contributed by atoms with Gasteiger partial charge in [-0.05, 0) is 17.5 Å². The van der Waals surface area contributed by atoms with Crippen LogP contribution < -0.4 is 0 Å². The topological polar surface area (TPSA) is 87.4 Å². The molecule has 0 aliphatic carbocycles. The Morgan fingerprint density at radius 3 is 2.79 bits per heavy atom. The van der Waals surface area contributed by atoms with Crippen molar-refractivity contribution in [3.8, 4) is 0 Å². The van der Waals surface area contributed by atoms with Gasteiger partial charge in [0.1, 0.15) is 6.54 Å². The van der Waals surface area contributed by atoms with E-state index in [1.165, 1.54) is 16.4 Å². The summed E-state index contributed by atoms with van der Waals surface area (Å²) in [4.78, 5) is 15.3. The Morgan fingerprint density at radius 1 is 1.37 bits per heavy atom. The number of carboxylic acid groups (broad SMARTS) is 1. The first-order valence-corrected chi connectivity index (χ1v) is 7.15. The Kier molecular flexibility index (Phi) is 5.11. The van der Waals surface area contributed by atoms with Crippen molar-refractivity contribution in [2.45, 2.75) is 11.7 Å². The summed E-state index contributed by atoms with van der Waals surface area (Å²) in [6.07, 6.45) is 0. The number of likely N-dealkylation sites (N-methyl/N-ethyl adjacent to an activating group) is 1. The van der Waals surface area contributed by atoms with Crippen LogP contribution in [0.5, 0.6) is 0 Å². The third-order valence-corrected chi connectivity index (χ3v) is 3.96. The lowest BCUT2D eigenvalue weighted by Crippen LogP contribution is -2.45. The maximum Gasteiger partial charge on any atom is 0.325 e. The molecule has 1 aliphatic heterocycles. The second-order valence-electron chi connectivity index (χ2n) is 4.51. The van der Waals surface area contributed by atoms with Crippen molar-refractivity contribution in [1.29, 1.82) is 0 Å². The van der Waals surface area contributed by atoms with E-state index >= 15 is 0 Å². The molecule has 1 saturated heterocycles. The van der Waals surface area contributed by atoms with Crippen LogP contribution in [0.2, 0.25) is 0 Å². The van der Waals surface area contributed by atoms with Crippen molar-refractivity contribution in [2.75, 3.05) is 45.5 Å². The summed E-state index contributed by atoms with van der Waals surface area (Å²) in [5, 5.41) is 20.3. The minimum Gasteiger partial charge on any atom is -0.480 e. The molecule has 1 aliphatic rings. The smallest absolute Gasteiger partial charge is 0.325 e. The fourth-order valence-corrected chi connectivity index (χ4v) is 2.74. The Bertz CT molecular complexity index is 418.